The lowest BCUT2D eigenvalue weighted by Crippen LogP contribution is -2.41. The van der Waals surface area contributed by atoms with Crippen LogP contribution in [0.25, 0.3) is 11.2 Å². The van der Waals surface area contributed by atoms with E-state index in [1.165, 1.54) is 12.7 Å². The number of rotatable bonds is 3. The van der Waals surface area contributed by atoms with Crippen LogP contribution in [0.5, 0.6) is 0 Å². The largest absolute Gasteiger partial charge is 0.394 e. The van der Waals surface area contributed by atoms with Crippen molar-refractivity contribution in [2.75, 3.05) is 25.6 Å². The Morgan fingerprint density at radius 2 is 2.14 bits per heavy atom. The van der Waals surface area contributed by atoms with Crippen LogP contribution in [0.3, 0.4) is 0 Å². The highest BCUT2D eigenvalue weighted by Crippen LogP contribution is 2.31. The first-order valence-electron chi connectivity index (χ1n) is 6.59. The van der Waals surface area contributed by atoms with Crippen LogP contribution in [0, 0.1) is 0 Å². The lowest BCUT2D eigenvalue weighted by atomic mass is 10.1. The number of nitrogens with two attached hydrogens (primary N) is 1. The minimum Gasteiger partial charge on any atom is -0.394 e. The van der Waals surface area contributed by atoms with E-state index in [0.717, 1.165) is 0 Å². The molecule has 0 spiro atoms. The van der Waals surface area contributed by atoms with Gasteiger partial charge in [-0.05, 0) is 0 Å². The molecule has 9 heteroatoms. The molecule has 1 unspecified atom stereocenters. The summed E-state index contributed by atoms with van der Waals surface area (Å²) >= 11 is 0. The molecule has 0 aromatic carbocycles. The van der Waals surface area contributed by atoms with Gasteiger partial charge in [0.2, 0.25) is 0 Å². The van der Waals surface area contributed by atoms with Crippen molar-refractivity contribution in [2.24, 2.45) is 5.73 Å². The fourth-order valence-electron chi connectivity index (χ4n) is 2.51. The van der Waals surface area contributed by atoms with Gasteiger partial charge in [-0.1, -0.05) is 0 Å². The van der Waals surface area contributed by atoms with E-state index in [-0.39, 0.29) is 6.61 Å². The molecular formula is C12H18N6O3. The lowest BCUT2D eigenvalue weighted by Gasteiger charge is -2.17. The number of aliphatic hydroxyl groups excluding tert-OH is 2. The van der Waals surface area contributed by atoms with Gasteiger partial charge in [-0.15, -0.1) is 0 Å². The number of aliphatic hydroxyl groups is 2. The third-order valence-electron chi connectivity index (χ3n) is 3.65. The summed E-state index contributed by atoms with van der Waals surface area (Å²) in [6.07, 6.45) is 0.676. The second-order valence-electron chi connectivity index (χ2n) is 5.23. The van der Waals surface area contributed by atoms with Gasteiger partial charge >= 0.3 is 0 Å². The number of anilines is 1. The maximum absolute atomic E-state index is 10.2. The Balaban J connectivity index is 2.04. The van der Waals surface area contributed by atoms with Gasteiger partial charge in [-0.25, -0.2) is 15.0 Å². The smallest absolute Gasteiger partial charge is 0.167 e. The first-order valence-corrected chi connectivity index (χ1v) is 6.59. The molecule has 2 aromatic rings. The maximum Gasteiger partial charge on any atom is 0.167 e. The molecule has 0 aliphatic carbocycles. The van der Waals surface area contributed by atoms with Gasteiger partial charge in [0, 0.05) is 14.1 Å². The molecule has 1 aliphatic rings. The van der Waals surface area contributed by atoms with Gasteiger partial charge in [-0.3, -0.25) is 4.57 Å². The summed E-state index contributed by atoms with van der Waals surface area (Å²) in [6, 6.07) is -0.660. The number of hydrogen-bond acceptors (Lipinski definition) is 8. The van der Waals surface area contributed by atoms with E-state index in [0.29, 0.717) is 17.0 Å². The van der Waals surface area contributed by atoms with Crippen molar-refractivity contribution in [3.05, 3.63) is 12.7 Å². The van der Waals surface area contributed by atoms with E-state index in [1.54, 1.807) is 4.57 Å². The van der Waals surface area contributed by atoms with Crippen molar-refractivity contribution in [3.63, 3.8) is 0 Å². The van der Waals surface area contributed by atoms with Crippen molar-refractivity contribution >= 4 is 17.0 Å². The van der Waals surface area contributed by atoms with Gasteiger partial charge in [-0.2, -0.15) is 0 Å². The molecule has 4 atom stereocenters. The van der Waals surface area contributed by atoms with Crippen LogP contribution >= 0.6 is 0 Å². The molecule has 3 heterocycles. The van der Waals surface area contributed by atoms with Gasteiger partial charge in [0.05, 0.1) is 19.0 Å². The standard InChI is InChI=1S/C12H18N6O3/c1-17(2)10-8-11(15-4-14-10)18(5-16-8)12-9(20)7(13)6(3-19)21-12/h4-7,9,12,19-20H,3,13H2,1-2H3/t6-,7+,9?,12-/m1/s1. The van der Waals surface area contributed by atoms with Crippen molar-refractivity contribution in [1.82, 2.24) is 19.5 Å². The van der Waals surface area contributed by atoms with Crippen LogP contribution in [-0.2, 0) is 4.74 Å². The highest BCUT2D eigenvalue weighted by Gasteiger charge is 2.42. The van der Waals surface area contributed by atoms with Crippen molar-refractivity contribution in [2.45, 2.75) is 24.5 Å². The third-order valence-corrected chi connectivity index (χ3v) is 3.65. The Labute approximate surface area is 121 Å². The number of fused-ring (bicyclic) bond motifs is 1. The van der Waals surface area contributed by atoms with Gasteiger partial charge < -0.3 is 25.6 Å². The van der Waals surface area contributed by atoms with Crippen molar-refractivity contribution < 1.29 is 14.9 Å². The zero-order valence-corrected chi connectivity index (χ0v) is 11.8. The zero-order valence-electron chi connectivity index (χ0n) is 11.8. The zero-order chi connectivity index (χ0) is 15.1. The number of ether oxygens (including phenoxy) is 1. The topological polar surface area (TPSA) is 123 Å². The number of imidazole rings is 1. The molecule has 1 saturated heterocycles. The minimum absolute atomic E-state index is 0.251. The fourth-order valence-corrected chi connectivity index (χ4v) is 2.51. The summed E-state index contributed by atoms with van der Waals surface area (Å²) in [5.41, 5.74) is 7.00. The molecule has 0 radical (unpaired) electrons. The predicted octanol–water partition coefficient (Wildman–Crippen LogP) is -1.53. The molecule has 114 valence electrons. The lowest BCUT2D eigenvalue weighted by molar-refractivity contribution is -0.0488. The molecule has 1 aliphatic heterocycles. The van der Waals surface area contributed by atoms with E-state index in [2.05, 4.69) is 15.0 Å². The predicted molar refractivity (Wildman–Crippen MR) is 74.6 cm³/mol. The normalized spacial score (nSPS) is 29.2. The molecule has 9 nitrogen and oxygen atoms in total. The summed E-state index contributed by atoms with van der Waals surface area (Å²) in [5.74, 6) is 0.675. The minimum atomic E-state index is -0.947. The monoisotopic (exact) mass is 294 g/mol. The molecular weight excluding hydrogens is 276 g/mol. The van der Waals surface area contributed by atoms with Gasteiger partial charge in [0.15, 0.2) is 23.2 Å². The van der Waals surface area contributed by atoms with E-state index in [9.17, 15) is 10.2 Å². The molecule has 2 aromatic heterocycles. The Kier molecular flexibility index (Phi) is 3.49. The summed E-state index contributed by atoms with van der Waals surface area (Å²) in [4.78, 5) is 14.5. The molecule has 0 amide bonds. The van der Waals surface area contributed by atoms with Crippen molar-refractivity contribution in [3.8, 4) is 0 Å². The van der Waals surface area contributed by atoms with Crippen LogP contribution in [-0.4, -0.2) is 68.7 Å². The summed E-state index contributed by atoms with van der Waals surface area (Å²) in [7, 11) is 3.72. The van der Waals surface area contributed by atoms with E-state index < -0.39 is 24.5 Å². The average Bonchev–Trinajstić information content (AvgIpc) is 3.01. The molecule has 4 N–H and O–H groups in total. The highest BCUT2D eigenvalue weighted by atomic mass is 16.5. The first kappa shape index (κ1) is 14.1. The molecule has 3 rings (SSSR count). The summed E-state index contributed by atoms with van der Waals surface area (Å²) < 4.78 is 7.23. The fraction of sp³-hybridized carbons (Fsp3) is 0.583. The summed E-state index contributed by atoms with van der Waals surface area (Å²) in [5, 5.41) is 19.4. The maximum atomic E-state index is 10.2. The third kappa shape index (κ3) is 2.14. The first-order chi connectivity index (χ1) is 10.0. The number of hydrogen-bond donors (Lipinski definition) is 3. The van der Waals surface area contributed by atoms with E-state index >= 15 is 0 Å². The molecule has 1 fully saturated rings. The van der Waals surface area contributed by atoms with Crippen LogP contribution in [0.4, 0.5) is 5.82 Å². The van der Waals surface area contributed by atoms with Crippen LogP contribution in [0.15, 0.2) is 12.7 Å². The van der Waals surface area contributed by atoms with Crippen LogP contribution in [0.1, 0.15) is 6.23 Å². The van der Waals surface area contributed by atoms with Crippen molar-refractivity contribution in [1.29, 1.82) is 0 Å². The summed E-state index contributed by atoms with van der Waals surface area (Å²) in [6.45, 7) is -0.251. The van der Waals surface area contributed by atoms with E-state index in [4.69, 9.17) is 10.5 Å². The van der Waals surface area contributed by atoms with Crippen LogP contribution in [0.2, 0.25) is 0 Å². The quantitative estimate of drug-likeness (QED) is 0.623. The Morgan fingerprint density at radius 3 is 2.76 bits per heavy atom. The molecule has 21 heavy (non-hydrogen) atoms. The number of aromatic nitrogens is 4. The van der Waals surface area contributed by atoms with Gasteiger partial charge in [0.1, 0.15) is 18.5 Å². The van der Waals surface area contributed by atoms with Crippen LogP contribution < -0.4 is 10.6 Å². The van der Waals surface area contributed by atoms with E-state index in [1.807, 2.05) is 19.0 Å². The Bertz CT molecular complexity index is 645. The molecule has 0 saturated carbocycles. The Morgan fingerprint density at radius 1 is 1.38 bits per heavy atom. The number of nitrogens with zero attached hydrogens (tertiary/aromatic N) is 5. The second-order valence-corrected chi connectivity index (χ2v) is 5.23. The molecule has 0 bridgehead atoms. The second kappa shape index (κ2) is 5.19. The Hall–Kier alpha value is -1.81. The highest BCUT2D eigenvalue weighted by molar-refractivity contribution is 5.83. The SMILES string of the molecule is CN(C)c1ncnc2c1ncn2[C@@H]1O[C@H](CO)[C@H](N)C1O. The average molecular weight is 294 g/mol. The van der Waals surface area contributed by atoms with Gasteiger partial charge in [0.25, 0.3) is 0 Å².